The molecular weight excluding hydrogens is 310 g/mol. The molecule has 106 valence electrons. The Morgan fingerprint density at radius 1 is 0.950 bits per heavy atom. The van der Waals surface area contributed by atoms with Crippen LogP contribution in [-0.4, -0.2) is 0 Å². The van der Waals surface area contributed by atoms with Crippen molar-refractivity contribution in [1.29, 1.82) is 0 Å². The van der Waals surface area contributed by atoms with Gasteiger partial charge in [0.1, 0.15) is 0 Å². The van der Waals surface area contributed by atoms with Crippen LogP contribution in [0.4, 0.5) is 0 Å². The first-order valence-electron chi connectivity index (χ1n) is 7.20. The van der Waals surface area contributed by atoms with Gasteiger partial charge in [0.25, 0.3) is 0 Å². The zero-order chi connectivity index (χ0) is 14.5. The average molecular weight is 332 g/mol. The number of hydrogen-bond acceptors (Lipinski definition) is 1. The van der Waals surface area contributed by atoms with E-state index in [1.165, 1.54) is 16.7 Å². The lowest BCUT2D eigenvalue weighted by Gasteiger charge is -2.21. The number of halogens is 1. The molecule has 0 amide bonds. The van der Waals surface area contributed by atoms with Crippen molar-refractivity contribution in [2.24, 2.45) is 0 Å². The normalized spacial score (nSPS) is 14.0. The van der Waals surface area contributed by atoms with Gasteiger partial charge in [0.2, 0.25) is 0 Å². The monoisotopic (exact) mass is 331 g/mol. The van der Waals surface area contributed by atoms with Crippen LogP contribution in [0.2, 0.25) is 0 Å². The standard InChI is InChI=1S/C18H22BrN/c1-4-15-8-10-16(11-9-15)13(2)20-14(3)17-6-5-7-18(19)12-17/h5-14,20H,4H2,1-3H3/t13?,14-/m1/s1. The summed E-state index contributed by atoms with van der Waals surface area (Å²) in [6, 6.07) is 18.0. The molecule has 0 heterocycles. The Kier molecular flexibility index (Phi) is 5.38. The third-order valence-electron chi connectivity index (χ3n) is 3.74. The van der Waals surface area contributed by atoms with Crippen molar-refractivity contribution in [3.8, 4) is 0 Å². The maximum Gasteiger partial charge on any atom is 0.0297 e. The van der Waals surface area contributed by atoms with E-state index in [0.29, 0.717) is 12.1 Å². The van der Waals surface area contributed by atoms with Gasteiger partial charge in [-0.3, -0.25) is 0 Å². The Balaban J connectivity index is 2.04. The van der Waals surface area contributed by atoms with Crippen molar-refractivity contribution in [3.05, 3.63) is 69.7 Å². The van der Waals surface area contributed by atoms with Gasteiger partial charge in [-0.15, -0.1) is 0 Å². The fourth-order valence-electron chi connectivity index (χ4n) is 2.39. The van der Waals surface area contributed by atoms with Crippen molar-refractivity contribution in [1.82, 2.24) is 5.32 Å². The van der Waals surface area contributed by atoms with E-state index >= 15 is 0 Å². The molecule has 1 unspecified atom stereocenters. The summed E-state index contributed by atoms with van der Waals surface area (Å²) in [6.45, 7) is 6.61. The first-order chi connectivity index (χ1) is 9.60. The van der Waals surface area contributed by atoms with E-state index in [4.69, 9.17) is 0 Å². The first kappa shape index (κ1) is 15.3. The summed E-state index contributed by atoms with van der Waals surface area (Å²) in [5, 5.41) is 3.66. The fraction of sp³-hybridized carbons (Fsp3) is 0.333. The Bertz CT molecular complexity index is 548. The third-order valence-corrected chi connectivity index (χ3v) is 4.23. The summed E-state index contributed by atoms with van der Waals surface area (Å²) < 4.78 is 1.13. The summed E-state index contributed by atoms with van der Waals surface area (Å²) in [5.74, 6) is 0. The van der Waals surface area contributed by atoms with E-state index in [1.54, 1.807) is 0 Å². The van der Waals surface area contributed by atoms with Crippen LogP contribution in [0.1, 0.15) is 49.5 Å². The summed E-state index contributed by atoms with van der Waals surface area (Å²) in [4.78, 5) is 0. The van der Waals surface area contributed by atoms with Crippen LogP contribution in [0.5, 0.6) is 0 Å². The number of benzene rings is 2. The van der Waals surface area contributed by atoms with Gasteiger partial charge < -0.3 is 5.32 Å². The molecule has 2 atom stereocenters. The maximum atomic E-state index is 3.66. The zero-order valence-electron chi connectivity index (χ0n) is 12.4. The molecule has 0 fully saturated rings. The van der Waals surface area contributed by atoms with E-state index in [-0.39, 0.29) is 0 Å². The second-order valence-electron chi connectivity index (χ2n) is 5.26. The predicted octanol–water partition coefficient (Wildman–Crippen LogP) is 5.42. The van der Waals surface area contributed by atoms with Crippen LogP contribution in [0.25, 0.3) is 0 Å². The molecule has 0 saturated heterocycles. The van der Waals surface area contributed by atoms with Crippen LogP contribution in [0.15, 0.2) is 53.0 Å². The van der Waals surface area contributed by atoms with E-state index in [2.05, 4.69) is 90.5 Å². The molecule has 2 rings (SSSR count). The zero-order valence-corrected chi connectivity index (χ0v) is 13.9. The molecule has 0 aliphatic carbocycles. The van der Waals surface area contributed by atoms with Gasteiger partial charge in [0.15, 0.2) is 0 Å². The highest BCUT2D eigenvalue weighted by atomic mass is 79.9. The first-order valence-corrected chi connectivity index (χ1v) is 7.99. The molecule has 2 aromatic carbocycles. The van der Waals surface area contributed by atoms with E-state index in [9.17, 15) is 0 Å². The molecule has 0 radical (unpaired) electrons. The molecule has 0 aromatic heterocycles. The summed E-state index contributed by atoms with van der Waals surface area (Å²) in [6.07, 6.45) is 1.09. The van der Waals surface area contributed by atoms with Gasteiger partial charge in [-0.05, 0) is 49.1 Å². The van der Waals surface area contributed by atoms with Crippen molar-refractivity contribution in [3.63, 3.8) is 0 Å². The quantitative estimate of drug-likeness (QED) is 0.770. The largest absolute Gasteiger partial charge is 0.304 e. The van der Waals surface area contributed by atoms with Crippen molar-refractivity contribution in [2.45, 2.75) is 39.3 Å². The highest BCUT2D eigenvalue weighted by Crippen LogP contribution is 2.22. The molecular formula is C18H22BrN. The van der Waals surface area contributed by atoms with Crippen LogP contribution in [0.3, 0.4) is 0 Å². The number of aryl methyl sites for hydroxylation is 1. The van der Waals surface area contributed by atoms with Gasteiger partial charge in [-0.25, -0.2) is 0 Å². The van der Waals surface area contributed by atoms with Gasteiger partial charge >= 0.3 is 0 Å². The maximum absolute atomic E-state index is 3.66. The summed E-state index contributed by atoms with van der Waals surface area (Å²) in [5.41, 5.74) is 4.03. The lowest BCUT2D eigenvalue weighted by Crippen LogP contribution is -2.22. The van der Waals surface area contributed by atoms with Gasteiger partial charge in [-0.1, -0.05) is 59.3 Å². The highest BCUT2D eigenvalue weighted by Gasteiger charge is 2.11. The van der Waals surface area contributed by atoms with Crippen molar-refractivity contribution in [2.75, 3.05) is 0 Å². The van der Waals surface area contributed by atoms with Gasteiger partial charge in [0.05, 0.1) is 0 Å². The Labute approximate surface area is 130 Å². The van der Waals surface area contributed by atoms with Gasteiger partial charge in [0, 0.05) is 16.6 Å². The molecule has 0 bridgehead atoms. The van der Waals surface area contributed by atoms with Crippen LogP contribution in [0, 0.1) is 0 Å². The predicted molar refractivity (Wildman–Crippen MR) is 89.9 cm³/mol. The fourth-order valence-corrected chi connectivity index (χ4v) is 2.80. The molecule has 0 aliphatic heterocycles. The van der Waals surface area contributed by atoms with Crippen LogP contribution >= 0.6 is 15.9 Å². The van der Waals surface area contributed by atoms with Crippen LogP contribution < -0.4 is 5.32 Å². The smallest absolute Gasteiger partial charge is 0.0297 e. The highest BCUT2D eigenvalue weighted by molar-refractivity contribution is 9.10. The van der Waals surface area contributed by atoms with Gasteiger partial charge in [-0.2, -0.15) is 0 Å². The molecule has 0 spiro atoms. The molecule has 0 saturated carbocycles. The second kappa shape index (κ2) is 7.05. The molecule has 2 heteroatoms. The topological polar surface area (TPSA) is 12.0 Å². The SMILES string of the molecule is CCc1ccc(C(C)N[C@H](C)c2cccc(Br)c2)cc1. The Hall–Kier alpha value is -1.12. The van der Waals surface area contributed by atoms with E-state index in [1.807, 2.05) is 0 Å². The second-order valence-corrected chi connectivity index (χ2v) is 6.18. The minimum Gasteiger partial charge on any atom is -0.304 e. The minimum atomic E-state index is 0.327. The Morgan fingerprint density at radius 3 is 2.20 bits per heavy atom. The summed E-state index contributed by atoms with van der Waals surface area (Å²) in [7, 11) is 0. The van der Waals surface area contributed by atoms with Crippen LogP contribution in [-0.2, 0) is 6.42 Å². The third kappa shape index (κ3) is 3.94. The average Bonchev–Trinajstić information content (AvgIpc) is 2.47. The van der Waals surface area contributed by atoms with E-state index < -0.39 is 0 Å². The lowest BCUT2D eigenvalue weighted by atomic mass is 10.0. The number of nitrogens with one attached hydrogen (secondary N) is 1. The summed E-state index contributed by atoms with van der Waals surface area (Å²) >= 11 is 3.53. The molecule has 1 N–H and O–H groups in total. The molecule has 20 heavy (non-hydrogen) atoms. The molecule has 1 nitrogen and oxygen atoms in total. The molecule has 0 aliphatic rings. The number of hydrogen-bond donors (Lipinski definition) is 1. The lowest BCUT2D eigenvalue weighted by molar-refractivity contribution is 0.494. The van der Waals surface area contributed by atoms with E-state index in [0.717, 1.165) is 10.9 Å². The van der Waals surface area contributed by atoms with Crippen molar-refractivity contribution < 1.29 is 0 Å². The van der Waals surface area contributed by atoms with Crippen molar-refractivity contribution >= 4 is 15.9 Å². The molecule has 2 aromatic rings. The Morgan fingerprint density at radius 2 is 1.60 bits per heavy atom. The minimum absolute atomic E-state index is 0.327. The number of rotatable bonds is 5.